The Bertz CT molecular complexity index is 385. The smallest absolute Gasteiger partial charge is 0.0224 e. The van der Waals surface area contributed by atoms with E-state index in [1.807, 2.05) is 17.3 Å². The molecule has 0 aromatic heterocycles. The predicted octanol–water partition coefficient (Wildman–Crippen LogP) is 4.39. The maximum Gasteiger partial charge on any atom is 0.0224 e. The first-order chi connectivity index (χ1) is 8.08. The summed E-state index contributed by atoms with van der Waals surface area (Å²) < 4.78 is 0. The number of hydrogen-bond donors (Lipinski definition) is 0. The van der Waals surface area contributed by atoms with Gasteiger partial charge in [0.2, 0.25) is 0 Å². The summed E-state index contributed by atoms with van der Waals surface area (Å²) in [7, 11) is 0. The van der Waals surface area contributed by atoms with E-state index in [4.69, 9.17) is 0 Å². The van der Waals surface area contributed by atoms with Crippen LogP contribution in [0.1, 0.15) is 36.0 Å². The molecular formula is C16H23N. The molecule has 0 aliphatic rings. The molecule has 0 radical (unpaired) electrons. The van der Waals surface area contributed by atoms with Gasteiger partial charge in [0, 0.05) is 6.54 Å². The second-order valence-electron chi connectivity index (χ2n) is 4.65. The summed E-state index contributed by atoms with van der Waals surface area (Å²) in [6, 6.07) is 6.70. The van der Waals surface area contributed by atoms with E-state index in [9.17, 15) is 0 Å². The first kappa shape index (κ1) is 13.6. The molecule has 0 N–H and O–H groups in total. The molecule has 1 nitrogen and oxygen atoms in total. The van der Waals surface area contributed by atoms with Crippen molar-refractivity contribution in [3.63, 3.8) is 0 Å². The van der Waals surface area contributed by atoms with Gasteiger partial charge in [0.05, 0.1) is 0 Å². The summed E-state index contributed by atoms with van der Waals surface area (Å²) in [5.41, 5.74) is 4.17. The zero-order valence-corrected chi connectivity index (χ0v) is 11.2. The minimum atomic E-state index is 0.568. The highest BCUT2D eigenvalue weighted by Crippen LogP contribution is 2.23. The lowest BCUT2D eigenvalue weighted by molar-refractivity contribution is 0.466. The minimum Gasteiger partial charge on any atom is -0.355 e. The molecule has 17 heavy (non-hydrogen) atoms. The Labute approximate surface area is 105 Å². The Morgan fingerprint density at radius 3 is 2.41 bits per heavy atom. The van der Waals surface area contributed by atoms with Crippen molar-refractivity contribution in [2.24, 2.45) is 0 Å². The first-order valence-electron chi connectivity index (χ1n) is 6.16. The van der Waals surface area contributed by atoms with Gasteiger partial charge in [-0.15, -0.1) is 0 Å². The predicted molar refractivity (Wildman–Crippen MR) is 76.0 cm³/mol. The van der Waals surface area contributed by atoms with Crippen LogP contribution in [-0.2, 0) is 0 Å². The van der Waals surface area contributed by atoms with E-state index in [0.717, 1.165) is 13.0 Å². The molecule has 0 aliphatic carbocycles. The molecule has 0 heterocycles. The molecule has 0 amide bonds. The molecule has 0 spiro atoms. The second kappa shape index (κ2) is 6.29. The van der Waals surface area contributed by atoms with Gasteiger partial charge < -0.3 is 4.90 Å². The van der Waals surface area contributed by atoms with Crippen molar-refractivity contribution in [2.45, 2.75) is 33.1 Å². The molecule has 1 heteroatoms. The third-order valence-electron chi connectivity index (χ3n) is 3.25. The molecule has 1 rings (SSSR count). The van der Waals surface area contributed by atoms with E-state index in [2.05, 4.69) is 52.1 Å². The SMILES string of the molecule is C=CN(C=C)CCC(C)c1ccc(C)cc1C. The van der Waals surface area contributed by atoms with E-state index in [0.29, 0.717) is 5.92 Å². The lowest BCUT2D eigenvalue weighted by atomic mass is 9.92. The zero-order valence-electron chi connectivity index (χ0n) is 11.2. The summed E-state index contributed by atoms with van der Waals surface area (Å²) >= 11 is 0. The van der Waals surface area contributed by atoms with Gasteiger partial charge in [-0.3, -0.25) is 0 Å². The van der Waals surface area contributed by atoms with Crippen molar-refractivity contribution in [2.75, 3.05) is 6.54 Å². The number of rotatable bonds is 6. The molecule has 0 fully saturated rings. The van der Waals surface area contributed by atoms with Crippen molar-refractivity contribution in [1.29, 1.82) is 0 Å². The molecule has 1 aromatic carbocycles. The highest BCUT2D eigenvalue weighted by Gasteiger charge is 2.09. The number of nitrogens with zero attached hydrogens (tertiary/aromatic N) is 1. The van der Waals surface area contributed by atoms with E-state index in [-0.39, 0.29) is 0 Å². The van der Waals surface area contributed by atoms with Crippen LogP contribution in [0.25, 0.3) is 0 Å². The third-order valence-corrected chi connectivity index (χ3v) is 3.25. The average Bonchev–Trinajstić information content (AvgIpc) is 2.30. The van der Waals surface area contributed by atoms with Gasteiger partial charge in [-0.05, 0) is 49.7 Å². The summed E-state index contributed by atoms with van der Waals surface area (Å²) in [5.74, 6) is 0.568. The van der Waals surface area contributed by atoms with Crippen LogP contribution in [0.5, 0.6) is 0 Å². The summed E-state index contributed by atoms with van der Waals surface area (Å²) in [4.78, 5) is 2.03. The number of hydrogen-bond acceptors (Lipinski definition) is 1. The molecule has 0 aliphatic heterocycles. The molecule has 1 unspecified atom stereocenters. The average molecular weight is 229 g/mol. The minimum absolute atomic E-state index is 0.568. The normalized spacial score (nSPS) is 11.9. The van der Waals surface area contributed by atoms with Crippen LogP contribution in [-0.4, -0.2) is 11.4 Å². The topological polar surface area (TPSA) is 3.24 Å². The molecule has 0 bridgehead atoms. The summed E-state index contributed by atoms with van der Waals surface area (Å²) in [5, 5.41) is 0. The Balaban J connectivity index is 2.66. The highest BCUT2D eigenvalue weighted by atomic mass is 15.1. The van der Waals surface area contributed by atoms with Crippen LogP contribution in [0.3, 0.4) is 0 Å². The summed E-state index contributed by atoms with van der Waals surface area (Å²) in [6.07, 6.45) is 4.76. The van der Waals surface area contributed by atoms with Gasteiger partial charge in [0.15, 0.2) is 0 Å². The standard InChI is InChI=1S/C16H23N/c1-6-17(7-2)11-10-14(4)16-9-8-13(3)12-15(16)5/h6-9,12,14H,1-2,10-11H2,3-5H3. The fourth-order valence-corrected chi connectivity index (χ4v) is 2.13. The van der Waals surface area contributed by atoms with Crippen LogP contribution in [0.15, 0.2) is 43.8 Å². The van der Waals surface area contributed by atoms with E-state index in [1.54, 1.807) is 0 Å². The lowest BCUT2D eigenvalue weighted by Gasteiger charge is -2.19. The van der Waals surface area contributed by atoms with Gasteiger partial charge >= 0.3 is 0 Å². The fourth-order valence-electron chi connectivity index (χ4n) is 2.13. The number of benzene rings is 1. The van der Waals surface area contributed by atoms with Crippen molar-refractivity contribution in [1.82, 2.24) is 4.90 Å². The molecule has 0 saturated carbocycles. The van der Waals surface area contributed by atoms with Crippen molar-refractivity contribution in [3.8, 4) is 0 Å². The van der Waals surface area contributed by atoms with E-state index < -0.39 is 0 Å². The van der Waals surface area contributed by atoms with Gasteiger partial charge in [0.25, 0.3) is 0 Å². The Kier molecular flexibility index (Phi) is 5.02. The van der Waals surface area contributed by atoms with Crippen molar-refractivity contribution < 1.29 is 0 Å². The zero-order chi connectivity index (χ0) is 12.8. The van der Waals surface area contributed by atoms with Gasteiger partial charge in [-0.1, -0.05) is 43.8 Å². The molecular weight excluding hydrogens is 206 g/mol. The Morgan fingerprint density at radius 2 is 1.88 bits per heavy atom. The van der Waals surface area contributed by atoms with Crippen LogP contribution < -0.4 is 0 Å². The van der Waals surface area contributed by atoms with Gasteiger partial charge in [-0.2, -0.15) is 0 Å². The van der Waals surface area contributed by atoms with E-state index in [1.165, 1.54) is 16.7 Å². The molecule has 92 valence electrons. The van der Waals surface area contributed by atoms with Gasteiger partial charge in [-0.25, -0.2) is 0 Å². The largest absolute Gasteiger partial charge is 0.355 e. The quantitative estimate of drug-likeness (QED) is 0.699. The van der Waals surface area contributed by atoms with Crippen LogP contribution in [0.4, 0.5) is 0 Å². The van der Waals surface area contributed by atoms with E-state index >= 15 is 0 Å². The molecule has 1 aromatic rings. The molecule has 0 saturated heterocycles. The van der Waals surface area contributed by atoms with Gasteiger partial charge in [0.1, 0.15) is 0 Å². The maximum absolute atomic E-state index is 3.77. The fraction of sp³-hybridized carbons (Fsp3) is 0.375. The lowest BCUT2D eigenvalue weighted by Crippen LogP contribution is -2.13. The van der Waals surface area contributed by atoms with Crippen LogP contribution >= 0.6 is 0 Å². The highest BCUT2D eigenvalue weighted by molar-refractivity contribution is 5.32. The first-order valence-corrected chi connectivity index (χ1v) is 6.16. The number of aryl methyl sites for hydroxylation is 2. The Hall–Kier alpha value is -1.50. The van der Waals surface area contributed by atoms with Crippen LogP contribution in [0, 0.1) is 13.8 Å². The molecule has 1 atom stereocenters. The monoisotopic (exact) mass is 229 g/mol. The maximum atomic E-state index is 3.77. The second-order valence-corrected chi connectivity index (χ2v) is 4.65. The summed E-state index contributed by atoms with van der Waals surface area (Å²) in [6.45, 7) is 15.1. The van der Waals surface area contributed by atoms with Crippen molar-refractivity contribution >= 4 is 0 Å². The van der Waals surface area contributed by atoms with Crippen LogP contribution in [0.2, 0.25) is 0 Å². The Morgan fingerprint density at radius 1 is 1.24 bits per heavy atom. The van der Waals surface area contributed by atoms with Crippen molar-refractivity contribution in [3.05, 3.63) is 60.4 Å². The third kappa shape index (κ3) is 3.77.